The van der Waals surface area contributed by atoms with Gasteiger partial charge in [-0.2, -0.15) is 5.10 Å². The van der Waals surface area contributed by atoms with Crippen LogP contribution in [0.5, 0.6) is 0 Å². The Hall–Kier alpha value is -2.14. The van der Waals surface area contributed by atoms with E-state index in [0.29, 0.717) is 13.1 Å². The maximum absolute atomic E-state index is 12.2. The zero-order valence-corrected chi connectivity index (χ0v) is 12.6. The lowest BCUT2D eigenvalue weighted by Crippen LogP contribution is -2.28. The average Bonchev–Trinajstić information content (AvgIpc) is 2.51. The van der Waals surface area contributed by atoms with Crippen LogP contribution in [0.2, 0.25) is 0 Å². The lowest BCUT2D eigenvalue weighted by atomic mass is 10.1. The molecule has 5 heteroatoms. The van der Waals surface area contributed by atoms with Crippen molar-refractivity contribution in [2.24, 2.45) is 5.73 Å². The minimum atomic E-state index is -0.0915. The molecule has 1 aromatic carbocycles. The van der Waals surface area contributed by atoms with E-state index in [1.807, 2.05) is 24.3 Å². The molecule has 0 spiro atoms. The van der Waals surface area contributed by atoms with Crippen molar-refractivity contribution < 1.29 is 0 Å². The summed E-state index contributed by atoms with van der Waals surface area (Å²) in [6.45, 7) is 6.75. The molecule has 1 aromatic heterocycles. The van der Waals surface area contributed by atoms with Crippen LogP contribution in [-0.4, -0.2) is 22.9 Å². The molecule has 0 saturated heterocycles. The fourth-order valence-corrected chi connectivity index (χ4v) is 2.38. The second kappa shape index (κ2) is 7.04. The zero-order chi connectivity index (χ0) is 15.2. The van der Waals surface area contributed by atoms with Crippen molar-refractivity contribution >= 4 is 5.69 Å². The first kappa shape index (κ1) is 15.3. The number of anilines is 1. The standard InChI is InChI=1S/C16H22N4O/c1-3-19(4-2)15-9-16(21)20(18-11-15)12-14-8-6-5-7-13(14)10-17/h5-9,11H,3-4,10,12,17H2,1-2H3. The molecule has 0 fully saturated rings. The van der Waals surface area contributed by atoms with Gasteiger partial charge in [0, 0.05) is 25.7 Å². The number of nitrogens with zero attached hydrogens (tertiary/aromatic N) is 3. The molecular weight excluding hydrogens is 264 g/mol. The van der Waals surface area contributed by atoms with Crippen LogP contribution in [0.1, 0.15) is 25.0 Å². The van der Waals surface area contributed by atoms with E-state index in [0.717, 1.165) is 29.9 Å². The van der Waals surface area contributed by atoms with E-state index in [1.165, 1.54) is 4.68 Å². The number of hydrogen-bond acceptors (Lipinski definition) is 4. The Morgan fingerprint density at radius 3 is 2.43 bits per heavy atom. The van der Waals surface area contributed by atoms with Crippen LogP contribution >= 0.6 is 0 Å². The van der Waals surface area contributed by atoms with Crippen molar-refractivity contribution in [1.82, 2.24) is 9.78 Å². The first-order chi connectivity index (χ1) is 10.2. The third-order valence-corrected chi connectivity index (χ3v) is 3.64. The van der Waals surface area contributed by atoms with Crippen molar-refractivity contribution in [3.8, 4) is 0 Å². The molecule has 0 radical (unpaired) electrons. The molecule has 2 N–H and O–H groups in total. The maximum Gasteiger partial charge on any atom is 0.269 e. The number of hydrogen-bond donors (Lipinski definition) is 1. The quantitative estimate of drug-likeness (QED) is 0.876. The van der Waals surface area contributed by atoms with Crippen molar-refractivity contribution in [3.05, 3.63) is 58.0 Å². The molecule has 0 aliphatic heterocycles. The van der Waals surface area contributed by atoms with Crippen LogP contribution in [0.15, 0.2) is 41.3 Å². The molecule has 1 heterocycles. The third kappa shape index (κ3) is 3.49. The first-order valence-corrected chi connectivity index (χ1v) is 7.28. The molecule has 0 amide bonds. The predicted octanol–water partition coefficient (Wildman–Crippen LogP) is 1.60. The Labute approximate surface area is 125 Å². The lowest BCUT2D eigenvalue weighted by Gasteiger charge is -2.20. The molecule has 0 aliphatic carbocycles. The van der Waals surface area contributed by atoms with Gasteiger partial charge in [0.1, 0.15) is 0 Å². The number of nitrogens with two attached hydrogens (primary N) is 1. The number of rotatable bonds is 6. The van der Waals surface area contributed by atoms with Gasteiger partial charge in [-0.25, -0.2) is 4.68 Å². The summed E-state index contributed by atoms with van der Waals surface area (Å²) in [6, 6.07) is 9.50. The Bertz CT molecular complexity index is 647. The van der Waals surface area contributed by atoms with Gasteiger partial charge in [-0.15, -0.1) is 0 Å². The maximum atomic E-state index is 12.2. The largest absolute Gasteiger partial charge is 0.371 e. The van der Waals surface area contributed by atoms with Crippen LogP contribution < -0.4 is 16.2 Å². The summed E-state index contributed by atoms with van der Waals surface area (Å²) in [7, 11) is 0. The summed E-state index contributed by atoms with van der Waals surface area (Å²) in [5.74, 6) is 0. The van der Waals surface area contributed by atoms with E-state index in [1.54, 1.807) is 12.3 Å². The summed E-state index contributed by atoms with van der Waals surface area (Å²) >= 11 is 0. The fraction of sp³-hybridized carbons (Fsp3) is 0.375. The summed E-state index contributed by atoms with van der Waals surface area (Å²) in [5, 5.41) is 4.29. The second-order valence-corrected chi connectivity index (χ2v) is 4.85. The van der Waals surface area contributed by atoms with Crippen LogP contribution in [0.3, 0.4) is 0 Å². The van der Waals surface area contributed by atoms with E-state index < -0.39 is 0 Å². The van der Waals surface area contributed by atoms with Gasteiger partial charge in [-0.1, -0.05) is 24.3 Å². The molecule has 5 nitrogen and oxygen atoms in total. The first-order valence-electron chi connectivity index (χ1n) is 7.28. The number of benzene rings is 1. The monoisotopic (exact) mass is 286 g/mol. The minimum Gasteiger partial charge on any atom is -0.371 e. The Kier molecular flexibility index (Phi) is 5.11. The Morgan fingerprint density at radius 2 is 1.86 bits per heavy atom. The lowest BCUT2D eigenvalue weighted by molar-refractivity contribution is 0.632. The molecule has 2 rings (SSSR count). The number of aromatic nitrogens is 2. The van der Waals surface area contributed by atoms with E-state index in [2.05, 4.69) is 23.8 Å². The average molecular weight is 286 g/mol. The van der Waals surface area contributed by atoms with Gasteiger partial charge in [0.15, 0.2) is 0 Å². The zero-order valence-electron chi connectivity index (χ0n) is 12.6. The highest BCUT2D eigenvalue weighted by Gasteiger charge is 2.07. The molecule has 0 aliphatic rings. The van der Waals surface area contributed by atoms with Crippen molar-refractivity contribution in [1.29, 1.82) is 0 Å². The highest BCUT2D eigenvalue weighted by atomic mass is 16.1. The molecular formula is C16H22N4O. The minimum absolute atomic E-state index is 0.0915. The van der Waals surface area contributed by atoms with Crippen LogP contribution in [0, 0.1) is 0 Å². The smallest absolute Gasteiger partial charge is 0.269 e. The summed E-state index contributed by atoms with van der Waals surface area (Å²) in [5.41, 5.74) is 8.58. The molecule has 0 unspecified atom stereocenters. The van der Waals surface area contributed by atoms with Gasteiger partial charge in [0.05, 0.1) is 18.4 Å². The highest BCUT2D eigenvalue weighted by Crippen LogP contribution is 2.11. The van der Waals surface area contributed by atoms with E-state index in [-0.39, 0.29) is 5.56 Å². The summed E-state index contributed by atoms with van der Waals surface area (Å²) in [6.07, 6.45) is 1.75. The molecule has 112 valence electrons. The molecule has 0 saturated carbocycles. The molecule has 0 bridgehead atoms. The van der Waals surface area contributed by atoms with E-state index in [9.17, 15) is 4.79 Å². The predicted molar refractivity (Wildman–Crippen MR) is 85.5 cm³/mol. The van der Waals surface area contributed by atoms with Crippen molar-refractivity contribution in [2.75, 3.05) is 18.0 Å². The summed E-state index contributed by atoms with van der Waals surface area (Å²) in [4.78, 5) is 14.3. The third-order valence-electron chi connectivity index (χ3n) is 3.64. The van der Waals surface area contributed by atoms with Gasteiger partial charge in [-0.3, -0.25) is 4.79 Å². The van der Waals surface area contributed by atoms with Crippen molar-refractivity contribution in [3.63, 3.8) is 0 Å². The van der Waals surface area contributed by atoms with Gasteiger partial charge < -0.3 is 10.6 Å². The molecule has 2 aromatic rings. The SMILES string of the molecule is CCN(CC)c1cnn(Cc2ccccc2CN)c(=O)c1. The molecule has 21 heavy (non-hydrogen) atoms. The van der Waals surface area contributed by atoms with Crippen LogP contribution in [0.25, 0.3) is 0 Å². The van der Waals surface area contributed by atoms with Crippen molar-refractivity contribution in [2.45, 2.75) is 26.9 Å². The Balaban J connectivity index is 2.28. The van der Waals surface area contributed by atoms with Crippen LogP contribution in [0.4, 0.5) is 5.69 Å². The highest BCUT2D eigenvalue weighted by molar-refractivity contribution is 5.42. The van der Waals surface area contributed by atoms with E-state index >= 15 is 0 Å². The van der Waals surface area contributed by atoms with Gasteiger partial charge in [-0.05, 0) is 25.0 Å². The van der Waals surface area contributed by atoms with Gasteiger partial charge in [0.2, 0.25) is 0 Å². The van der Waals surface area contributed by atoms with E-state index in [4.69, 9.17) is 5.73 Å². The van der Waals surface area contributed by atoms with Gasteiger partial charge in [0.25, 0.3) is 5.56 Å². The Morgan fingerprint density at radius 1 is 1.19 bits per heavy atom. The van der Waals surface area contributed by atoms with Gasteiger partial charge >= 0.3 is 0 Å². The molecule has 0 atom stereocenters. The second-order valence-electron chi connectivity index (χ2n) is 4.85. The fourth-order valence-electron chi connectivity index (χ4n) is 2.38. The van der Waals surface area contributed by atoms with Crippen LogP contribution in [-0.2, 0) is 13.1 Å². The topological polar surface area (TPSA) is 64.2 Å². The normalized spacial score (nSPS) is 10.6. The summed E-state index contributed by atoms with van der Waals surface area (Å²) < 4.78 is 1.47.